The lowest BCUT2D eigenvalue weighted by Crippen LogP contribution is -2.02. The van der Waals surface area contributed by atoms with Gasteiger partial charge in [0.25, 0.3) is 0 Å². The number of hydrogen-bond donors (Lipinski definition) is 1. The zero-order valence-electron chi connectivity index (χ0n) is 12.0. The van der Waals surface area contributed by atoms with Crippen LogP contribution in [0.25, 0.3) is 11.3 Å². The Morgan fingerprint density at radius 1 is 1.21 bits per heavy atom. The highest BCUT2D eigenvalue weighted by Crippen LogP contribution is 2.31. The first-order valence-corrected chi connectivity index (χ1v) is 7.73. The van der Waals surface area contributed by atoms with E-state index < -0.39 is 0 Å². The largest absolute Gasteiger partial charge is 0.330 e. The number of thiazole rings is 1. The molecule has 2 rings (SSSR count). The van der Waals surface area contributed by atoms with Crippen LogP contribution >= 0.6 is 11.3 Å². The van der Waals surface area contributed by atoms with Crippen molar-refractivity contribution in [3.63, 3.8) is 0 Å². The topological polar surface area (TPSA) is 38.9 Å². The summed E-state index contributed by atoms with van der Waals surface area (Å²) in [6, 6.07) is 6.57. The lowest BCUT2D eigenvalue weighted by molar-refractivity contribution is 0.909. The summed E-state index contributed by atoms with van der Waals surface area (Å²) in [4.78, 5) is 6.17. The van der Waals surface area contributed by atoms with Crippen molar-refractivity contribution in [3.05, 3.63) is 39.2 Å². The van der Waals surface area contributed by atoms with Gasteiger partial charge in [0.1, 0.15) is 0 Å². The summed E-state index contributed by atoms with van der Waals surface area (Å²) in [7, 11) is 0. The normalized spacial score (nSPS) is 10.9. The fraction of sp³-hybridized carbons (Fsp3) is 0.438. The van der Waals surface area contributed by atoms with Crippen molar-refractivity contribution in [1.29, 1.82) is 0 Å². The van der Waals surface area contributed by atoms with Crippen LogP contribution in [0.15, 0.2) is 18.2 Å². The third-order valence-corrected chi connectivity index (χ3v) is 4.39. The summed E-state index contributed by atoms with van der Waals surface area (Å²) < 4.78 is 0. The molecule has 2 nitrogen and oxygen atoms in total. The van der Waals surface area contributed by atoms with E-state index in [2.05, 4.69) is 39.0 Å². The van der Waals surface area contributed by atoms with Crippen molar-refractivity contribution in [2.45, 2.75) is 40.0 Å². The summed E-state index contributed by atoms with van der Waals surface area (Å²) in [5.74, 6) is 0. The van der Waals surface area contributed by atoms with Crippen molar-refractivity contribution < 1.29 is 0 Å². The zero-order chi connectivity index (χ0) is 13.8. The van der Waals surface area contributed by atoms with Crippen LogP contribution in [0.4, 0.5) is 0 Å². The predicted molar refractivity (Wildman–Crippen MR) is 83.8 cm³/mol. The van der Waals surface area contributed by atoms with Gasteiger partial charge in [-0.2, -0.15) is 0 Å². The van der Waals surface area contributed by atoms with E-state index >= 15 is 0 Å². The molecule has 0 fully saturated rings. The molecule has 0 aliphatic heterocycles. The number of nitrogens with two attached hydrogens (primary N) is 1. The van der Waals surface area contributed by atoms with Gasteiger partial charge < -0.3 is 5.73 Å². The lowest BCUT2D eigenvalue weighted by Gasteiger charge is -2.06. The first-order valence-electron chi connectivity index (χ1n) is 6.92. The van der Waals surface area contributed by atoms with Crippen LogP contribution in [0.1, 0.15) is 34.4 Å². The number of aryl methyl sites for hydroxylation is 3. The third-order valence-electron chi connectivity index (χ3n) is 3.21. The first-order chi connectivity index (χ1) is 9.15. The van der Waals surface area contributed by atoms with Gasteiger partial charge in [0.15, 0.2) is 0 Å². The minimum absolute atomic E-state index is 0.686. The van der Waals surface area contributed by atoms with Crippen molar-refractivity contribution in [1.82, 2.24) is 4.98 Å². The van der Waals surface area contributed by atoms with Gasteiger partial charge in [0.2, 0.25) is 0 Å². The minimum Gasteiger partial charge on any atom is -0.330 e. The molecule has 1 heterocycles. The highest BCUT2D eigenvalue weighted by Gasteiger charge is 2.14. The Morgan fingerprint density at radius 2 is 2.00 bits per heavy atom. The highest BCUT2D eigenvalue weighted by molar-refractivity contribution is 7.12. The average Bonchev–Trinajstić information content (AvgIpc) is 2.73. The summed E-state index contributed by atoms with van der Waals surface area (Å²) >= 11 is 1.83. The Hall–Kier alpha value is -1.19. The molecule has 0 aliphatic carbocycles. The number of rotatable bonds is 5. The fourth-order valence-electron chi connectivity index (χ4n) is 2.31. The number of nitrogens with zero attached hydrogens (tertiary/aromatic N) is 1. The Balaban J connectivity index is 2.46. The van der Waals surface area contributed by atoms with E-state index in [-0.39, 0.29) is 0 Å². The maximum atomic E-state index is 5.73. The van der Waals surface area contributed by atoms with Crippen molar-refractivity contribution in [2.75, 3.05) is 6.54 Å². The molecule has 0 saturated heterocycles. The smallest absolute Gasteiger partial charge is 0.0935 e. The maximum absolute atomic E-state index is 5.73. The van der Waals surface area contributed by atoms with Crippen molar-refractivity contribution in [3.8, 4) is 11.3 Å². The molecule has 3 heteroatoms. The van der Waals surface area contributed by atoms with Crippen LogP contribution in [0.2, 0.25) is 0 Å². The Labute approximate surface area is 119 Å². The molecular formula is C16H22N2S. The van der Waals surface area contributed by atoms with Gasteiger partial charge in [-0.15, -0.1) is 11.3 Å². The molecule has 0 bridgehead atoms. The van der Waals surface area contributed by atoms with E-state index in [1.165, 1.54) is 26.6 Å². The molecule has 0 unspecified atom stereocenters. The third kappa shape index (κ3) is 3.23. The van der Waals surface area contributed by atoms with E-state index in [9.17, 15) is 0 Å². The average molecular weight is 274 g/mol. The van der Waals surface area contributed by atoms with Crippen LogP contribution in [0, 0.1) is 13.8 Å². The molecule has 102 valence electrons. The van der Waals surface area contributed by atoms with Gasteiger partial charge in [-0.05, 0) is 45.2 Å². The number of hydrogen-bond acceptors (Lipinski definition) is 3. The summed E-state index contributed by atoms with van der Waals surface area (Å²) in [5.41, 5.74) is 10.7. The van der Waals surface area contributed by atoms with E-state index in [0.717, 1.165) is 25.0 Å². The maximum Gasteiger partial charge on any atom is 0.0935 e. The van der Waals surface area contributed by atoms with Crippen LogP contribution in [0.5, 0.6) is 0 Å². The Morgan fingerprint density at radius 3 is 2.63 bits per heavy atom. The van der Waals surface area contributed by atoms with Gasteiger partial charge in [0.05, 0.1) is 10.7 Å². The molecule has 0 atom stereocenters. The van der Waals surface area contributed by atoms with E-state index in [1.807, 2.05) is 11.3 Å². The van der Waals surface area contributed by atoms with Crippen LogP contribution < -0.4 is 5.73 Å². The lowest BCUT2D eigenvalue weighted by atomic mass is 10.0. The van der Waals surface area contributed by atoms with Crippen LogP contribution in [0.3, 0.4) is 0 Å². The molecular weight excluding hydrogens is 252 g/mol. The second kappa shape index (κ2) is 6.31. The van der Waals surface area contributed by atoms with E-state index in [4.69, 9.17) is 10.7 Å². The molecule has 2 N–H and O–H groups in total. The Bertz CT molecular complexity index is 558. The van der Waals surface area contributed by atoms with Crippen molar-refractivity contribution >= 4 is 11.3 Å². The quantitative estimate of drug-likeness (QED) is 0.898. The van der Waals surface area contributed by atoms with Crippen LogP contribution in [-0.2, 0) is 12.8 Å². The van der Waals surface area contributed by atoms with Gasteiger partial charge in [-0.3, -0.25) is 0 Å². The highest BCUT2D eigenvalue weighted by atomic mass is 32.1. The molecule has 0 saturated carbocycles. The SMILES string of the molecule is CCCc1nc(-c2ccc(C)cc2C)c(CCN)s1. The predicted octanol–water partition coefficient (Wildman–Crippen LogP) is 3.88. The van der Waals surface area contributed by atoms with Gasteiger partial charge >= 0.3 is 0 Å². The molecule has 1 aromatic carbocycles. The first kappa shape index (κ1) is 14.2. The second-order valence-corrected chi connectivity index (χ2v) is 6.15. The van der Waals surface area contributed by atoms with Gasteiger partial charge in [-0.25, -0.2) is 4.98 Å². The van der Waals surface area contributed by atoms with Gasteiger partial charge in [-0.1, -0.05) is 30.7 Å². The number of benzene rings is 1. The van der Waals surface area contributed by atoms with Crippen molar-refractivity contribution in [2.24, 2.45) is 5.73 Å². The summed E-state index contributed by atoms with van der Waals surface area (Å²) in [6.07, 6.45) is 3.12. The summed E-state index contributed by atoms with van der Waals surface area (Å²) in [6.45, 7) is 7.17. The van der Waals surface area contributed by atoms with Gasteiger partial charge in [0, 0.05) is 10.4 Å². The van der Waals surface area contributed by atoms with Crippen LogP contribution in [-0.4, -0.2) is 11.5 Å². The Kier molecular flexibility index (Phi) is 4.72. The molecule has 0 spiro atoms. The second-order valence-electron chi connectivity index (χ2n) is 4.99. The molecule has 0 aliphatic rings. The minimum atomic E-state index is 0.686. The molecule has 19 heavy (non-hydrogen) atoms. The van der Waals surface area contributed by atoms with E-state index in [0.29, 0.717) is 6.54 Å². The zero-order valence-corrected chi connectivity index (χ0v) is 12.8. The molecule has 1 aromatic heterocycles. The molecule has 2 aromatic rings. The fourth-order valence-corrected chi connectivity index (χ4v) is 3.51. The van der Waals surface area contributed by atoms with E-state index in [1.54, 1.807) is 0 Å². The summed E-state index contributed by atoms with van der Waals surface area (Å²) in [5, 5.41) is 1.24. The standard InChI is InChI=1S/C16H22N2S/c1-4-5-15-18-16(14(19-15)8-9-17)13-7-6-11(2)10-12(13)3/h6-7,10H,4-5,8-9,17H2,1-3H3. The number of aromatic nitrogens is 1. The molecule has 0 amide bonds. The monoisotopic (exact) mass is 274 g/mol. The molecule has 0 radical (unpaired) electrons.